The first-order valence-corrected chi connectivity index (χ1v) is 10.5. The molecule has 0 radical (unpaired) electrons. The lowest BCUT2D eigenvalue weighted by Crippen LogP contribution is -2.29. The van der Waals surface area contributed by atoms with Crippen LogP contribution in [0.4, 0.5) is 11.6 Å². The van der Waals surface area contributed by atoms with E-state index in [-0.39, 0.29) is 28.2 Å². The predicted molar refractivity (Wildman–Crippen MR) is 129 cm³/mol. The number of hydrogen-bond donors (Lipinski definition) is 4. The number of nitrogens with one attached hydrogen (secondary N) is 2. The van der Waals surface area contributed by atoms with E-state index in [1.807, 2.05) is 38.1 Å². The normalized spacial score (nSPS) is 11.3. The van der Waals surface area contributed by atoms with Crippen LogP contribution >= 0.6 is 23.2 Å². The number of benzene rings is 2. The van der Waals surface area contributed by atoms with Crippen LogP contribution in [0.5, 0.6) is 0 Å². The molecule has 0 saturated heterocycles. The van der Waals surface area contributed by atoms with Crippen LogP contribution in [0.25, 0.3) is 0 Å². The molecule has 0 atom stereocenters. The molecule has 0 aliphatic rings. The summed E-state index contributed by atoms with van der Waals surface area (Å²) in [6, 6.07) is 13.4. The Kier molecular flexibility index (Phi) is 7.50. The van der Waals surface area contributed by atoms with Crippen LogP contribution in [0.3, 0.4) is 0 Å². The number of carbonyl (C=O) groups is 1. The predicted octanol–water partition coefficient (Wildman–Crippen LogP) is 3.57. The standard InChI is InChI=1S/C22H23Cl2N7O/c1-12-3-6-15(13(2)9-12)11-28-31-18(21(26)32)17-20(25)30-22(19(24)29-17)27-10-14-4-7-16(23)8-5-14/h3-9,28H,10-11H2,1-2H3,(H2,26,32)(H3,25,27,30)/b31-18-. The highest BCUT2D eigenvalue weighted by Gasteiger charge is 2.20. The molecule has 3 rings (SSSR count). The van der Waals surface area contributed by atoms with Gasteiger partial charge in [-0.3, -0.25) is 4.79 Å². The summed E-state index contributed by atoms with van der Waals surface area (Å²) in [7, 11) is 0. The quantitative estimate of drug-likeness (QED) is 0.293. The van der Waals surface area contributed by atoms with Crippen molar-refractivity contribution >= 4 is 46.5 Å². The summed E-state index contributed by atoms with van der Waals surface area (Å²) in [6.45, 7) is 4.84. The fraction of sp³-hybridized carbons (Fsp3) is 0.182. The Morgan fingerprint density at radius 3 is 2.44 bits per heavy atom. The van der Waals surface area contributed by atoms with Gasteiger partial charge in [0.05, 0.1) is 6.54 Å². The van der Waals surface area contributed by atoms with Crippen molar-refractivity contribution in [2.75, 3.05) is 11.1 Å². The number of carbonyl (C=O) groups excluding carboxylic acids is 1. The van der Waals surface area contributed by atoms with Crippen molar-refractivity contribution in [1.29, 1.82) is 0 Å². The smallest absolute Gasteiger partial charge is 0.271 e. The molecular formula is C22H23Cl2N7O. The number of anilines is 2. The Morgan fingerprint density at radius 2 is 1.78 bits per heavy atom. The monoisotopic (exact) mass is 471 g/mol. The topological polar surface area (TPSA) is 131 Å². The van der Waals surface area contributed by atoms with E-state index in [0.717, 1.165) is 22.3 Å². The third-order valence-electron chi connectivity index (χ3n) is 4.67. The number of primary amides is 1. The number of aryl methyl sites for hydroxylation is 2. The molecule has 166 valence electrons. The summed E-state index contributed by atoms with van der Waals surface area (Å²) >= 11 is 12.2. The lowest BCUT2D eigenvalue weighted by molar-refractivity contribution is -0.111. The molecule has 0 fully saturated rings. The second kappa shape index (κ2) is 10.3. The molecule has 8 nitrogen and oxygen atoms in total. The molecule has 2 aromatic carbocycles. The lowest BCUT2D eigenvalue weighted by Gasteiger charge is -2.12. The molecule has 0 spiro atoms. The molecule has 6 N–H and O–H groups in total. The fourth-order valence-electron chi connectivity index (χ4n) is 2.98. The van der Waals surface area contributed by atoms with Gasteiger partial charge in [0, 0.05) is 11.6 Å². The Labute approximate surface area is 196 Å². The number of nitrogen functional groups attached to an aromatic ring is 1. The molecule has 0 aliphatic heterocycles. The van der Waals surface area contributed by atoms with Crippen LogP contribution in [0.15, 0.2) is 47.6 Å². The summed E-state index contributed by atoms with van der Waals surface area (Å²) in [5, 5.41) is 7.84. The Morgan fingerprint density at radius 1 is 1.06 bits per heavy atom. The average molecular weight is 472 g/mol. The number of hydrogen-bond acceptors (Lipinski definition) is 7. The minimum atomic E-state index is -0.808. The summed E-state index contributed by atoms with van der Waals surface area (Å²) in [4.78, 5) is 20.4. The van der Waals surface area contributed by atoms with Crippen molar-refractivity contribution < 1.29 is 4.79 Å². The first-order chi connectivity index (χ1) is 15.2. The van der Waals surface area contributed by atoms with E-state index in [9.17, 15) is 4.79 Å². The Balaban J connectivity index is 1.77. The first-order valence-electron chi connectivity index (χ1n) is 9.72. The van der Waals surface area contributed by atoms with Crippen LogP contribution in [-0.4, -0.2) is 21.6 Å². The molecule has 0 saturated carbocycles. The number of hydrazone groups is 1. The number of nitrogens with zero attached hydrogens (tertiary/aromatic N) is 3. The van der Waals surface area contributed by atoms with Gasteiger partial charge in [0.2, 0.25) is 0 Å². The van der Waals surface area contributed by atoms with Gasteiger partial charge in [0.1, 0.15) is 5.69 Å². The maximum atomic E-state index is 12.0. The number of amides is 1. The van der Waals surface area contributed by atoms with E-state index in [0.29, 0.717) is 18.1 Å². The van der Waals surface area contributed by atoms with Gasteiger partial charge in [-0.2, -0.15) is 5.10 Å². The molecule has 1 aromatic heterocycles. The Hall–Kier alpha value is -3.36. The van der Waals surface area contributed by atoms with Crippen molar-refractivity contribution in [2.24, 2.45) is 10.8 Å². The number of rotatable bonds is 8. The fourth-order valence-corrected chi connectivity index (χ4v) is 3.29. The summed E-state index contributed by atoms with van der Waals surface area (Å²) < 4.78 is 0. The average Bonchev–Trinajstić information content (AvgIpc) is 2.74. The van der Waals surface area contributed by atoms with Crippen molar-refractivity contribution in [3.8, 4) is 0 Å². The molecule has 0 unspecified atom stereocenters. The third kappa shape index (κ3) is 5.87. The van der Waals surface area contributed by atoms with E-state index >= 15 is 0 Å². The van der Waals surface area contributed by atoms with Gasteiger partial charge in [-0.15, -0.1) is 0 Å². The molecule has 0 bridgehead atoms. The van der Waals surface area contributed by atoms with Crippen LogP contribution < -0.4 is 22.2 Å². The maximum absolute atomic E-state index is 12.0. The van der Waals surface area contributed by atoms with Crippen LogP contribution in [0, 0.1) is 13.8 Å². The SMILES string of the molecule is Cc1ccc(CN/N=C(\C(N)=O)c2nc(Cl)c(NCc3ccc(Cl)cc3)nc2N)c(C)c1. The molecule has 1 heterocycles. The zero-order valence-corrected chi connectivity index (χ0v) is 19.1. The highest BCUT2D eigenvalue weighted by molar-refractivity contribution is 6.45. The molecule has 10 heteroatoms. The van der Waals surface area contributed by atoms with E-state index in [2.05, 4.69) is 31.9 Å². The summed E-state index contributed by atoms with van der Waals surface area (Å²) in [6.07, 6.45) is 0. The zero-order chi connectivity index (χ0) is 23.3. The summed E-state index contributed by atoms with van der Waals surface area (Å²) in [5.74, 6) is -0.564. The van der Waals surface area contributed by atoms with Gasteiger partial charge in [-0.25, -0.2) is 9.97 Å². The van der Waals surface area contributed by atoms with Crippen LogP contribution in [0.2, 0.25) is 10.2 Å². The largest absolute Gasteiger partial charge is 0.382 e. The van der Waals surface area contributed by atoms with Gasteiger partial charge in [0.15, 0.2) is 22.5 Å². The van der Waals surface area contributed by atoms with Crippen molar-refractivity contribution in [1.82, 2.24) is 15.4 Å². The number of aromatic nitrogens is 2. The first kappa shape index (κ1) is 23.3. The Bertz CT molecular complexity index is 1160. The van der Waals surface area contributed by atoms with Gasteiger partial charge < -0.3 is 22.2 Å². The summed E-state index contributed by atoms with van der Waals surface area (Å²) in [5.41, 5.74) is 18.5. The van der Waals surface area contributed by atoms with Gasteiger partial charge in [-0.1, -0.05) is 59.1 Å². The van der Waals surface area contributed by atoms with Gasteiger partial charge >= 0.3 is 0 Å². The number of halogens is 2. The third-order valence-corrected chi connectivity index (χ3v) is 5.19. The lowest BCUT2D eigenvalue weighted by atomic mass is 10.1. The van der Waals surface area contributed by atoms with E-state index in [1.165, 1.54) is 0 Å². The molecule has 3 aromatic rings. The van der Waals surface area contributed by atoms with Crippen molar-refractivity contribution in [3.05, 3.63) is 80.6 Å². The van der Waals surface area contributed by atoms with Crippen LogP contribution in [-0.2, 0) is 17.9 Å². The second-order valence-electron chi connectivity index (χ2n) is 7.17. The number of nitrogens with two attached hydrogens (primary N) is 2. The van der Waals surface area contributed by atoms with Crippen molar-refractivity contribution in [3.63, 3.8) is 0 Å². The maximum Gasteiger partial charge on any atom is 0.271 e. The van der Waals surface area contributed by atoms with E-state index < -0.39 is 5.91 Å². The van der Waals surface area contributed by atoms with E-state index in [1.54, 1.807) is 12.1 Å². The molecule has 32 heavy (non-hydrogen) atoms. The van der Waals surface area contributed by atoms with Crippen molar-refractivity contribution in [2.45, 2.75) is 26.9 Å². The highest BCUT2D eigenvalue weighted by atomic mass is 35.5. The molecular weight excluding hydrogens is 449 g/mol. The zero-order valence-electron chi connectivity index (χ0n) is 17.6. The minimum Gasteiger partial charge on any atom is -0.382 e. The molecule has 1 amide bonds. The molecule has 0 aliphatic carbocycles. The van der Waals surface area contributed by atoms with Crippen LogP contribution in [0.1, 0.15) is 27.9 Å². The van der Waals surface area contributed by atoms with Gasteiger partial charge in [-0.05, 0) is 42.7 Å². The van der Waals surface area contributed by atoms with Gasteiger partial charge in [0.25, 0.3) is 5.91 Å². The highest BCUT2D eigenvalue weighted by Crippen LogP contribution is 2.22. The second-order valence-corrected chi connectivity index (χ2v) is 7.96. The minimum absolute atomic E-state index is 0.00710. The van der Waals surface area contributed by atoms with E-state index in [4.69, 9.17) is 34.7 Å².